The number of carbonyl (C=O) groups is 2. The average Bonchev–Trinajstić information content (AvgIpc) is 2.82. The third-order valence-electron chi connectivity index (χ3n) is 4.57. The molecule has 0 aliphatic rings. The number of halogens is 1. The van der Waals surface area contributed by atoms with Crippen molar-refractivity contribution in [2.75, 3.05) is 21.3 Å². The van der Waals surface area contributed by atoms with Crippen LogP contribution in [-0.2, 0) is 0 Å². The first-order chi connectivity index (χ1) is 15.4. The van der Waals surface area contributed by atoms with Gasteiger partial charge in [0.15, 0.2) is 17.3 Å². The van der Waals surface area contributed by atoms with Gasteiger partial charge in [-0.15, -0.1) is 0 Å². The van der Waals surface area contributed by atoms with Crippen molar-refractivity contribution in [3.05, 3.63) is 88.5 Å². The zero-order valence-electron chi connectivity index (χ0n) is 17.8. The number of hydrogen-bond donors (Lipinski definition) is 0. The Morgan fingerprint density at radius 2 is 1.47 bits per heavy atom. The van der Waals surface area contributed by atoms with E-state index in [1.54, 1.807) is 66.7 Å². The molecule has 0 spiro atoms. The molecule has 3 rings (SSSR count). The van der Waals surface area contributed by atoms with E-state index in [1.165, 1.54) is 27.4 Å². The Labute approximate surface area is 190 Å². The Bertz CT molecular complexity index is 1150. The lowest BCUT2D eigenvalue weighted by Crippen LogP contribution is -2.09. The van der Waals surface area contributed by atoms with E-state index in [4.69, 9.17) is 30.5 Å². The molecule has 0 amide bonds. The van der Waals surface area contributed by atoms with E-state index in [2.05, 4.69) is 0 Å². The van der Waals surface area contributed by atoms with Gasteiger partial charge in [-0.1, -0.05) is 23.7 Å². The maximum Gasteiger partial charge on any atom is 0.343 e. The van der Waals surface area contributed by atoms with Gasteiger partial charge in [0.1, 0.15) is 11.5 Å². The predicted octanol–water partition coefficient (Wildman–Crippen LogP) is 5.48. The number of carbonyl (C=O) groups excluding carboxylic acids is 2. The van der Waals surface area contributed by atoms with Crippen LogP contribution in [0.2, 0.25) is 5.02 Å². The normalized spacial score (nSPS) is 10.6. The van der Waals surface area contributed by atoms with Gasteiger partial charge in [-0.25, -0.2) is 4.79 Å². The van der Waals surface area contributed by atoms with Crippen molar-refractivity contribution >= 4 is 29.4 Å². The quantitative estimate of drug-likeness (QED) is 0.195. The van der Waals surface area contributed by atoms with Crippen LogP contribution in [0.4, 0.5) is 0 Å². The van der Waals surface area contributed by atoms with E-state index in [9.17, 15) is 9.59 Å². The topological polar surface area (TPSA) is 71.1 Å². The molecule has 0 aliphatic heterocycles. The van der Waals surface area contributed by atoms with E-state index in [0.29, 0.717) is 39.0 Å². The maximum absolute atomic E-state index is 12.7. The Morgan fingerprint density at radius 3 is 2.12 bits per heavy atom. The lowest BCUT2D eigenvalue weighted by atomic mass is 10.1. The van der Waals surface area contributed by atoms with Gasteiger partial charge in [0.05, 0.1) is 32.5 Å². The van der Waals surface area contributed by atoms with Crippen LogP contribution >= 0.6 is 11.6 Å². The molecule has 0 heterocycles. The van der Waals surface area contributed by atoms with Gasteiger partial charge in [0.2, 0.25) is 0 Å². The average molecular weight is 453 g/mol. The number of ether oxygens (including phenoxy) is 4. The molecule has 0 aliphatic carbocycles. The molecule has 0 unspecified atom stereocenters. The summed E-state index contributed by atoms with van der Waals surface area (Å²) >= 11 is 5.85. The number of esters is 1. The van der Waals surface area contributed by atoms with Crippen molar-refractivity contribution in [2.24, 2.45) is 0 Å². The summed E-state index contributed by atoms with van der Waals surface area (Å²) < 4.78 is 21.2. The van der Waals surface area contributed by atoms with Crippen molar-refractivity contribution in [3.8, 4) is 23.0 Å². The first-order valence-electron chi connectivity index (χ1n) is 9.55. The van der Waals surface area contributed by atoms with Gasteiger partial charge in [-0.05, 0) is 66.2 Å². The summed E-state index contributed by atoms with van der Waals surface area (Å²) in [5.74, 6) is 0.811. The van der Waals surface area contributed by atoms with Crippen LogP contribution in [-0.4, -0.2) is 33.1 Å². The number of benzene rings is 3. The molecule has 3 aromatic carbocycles. The van der Waals surface area contributed by atoms with Crippen molar-refractivity contribution < 1.29 is 28.5 Å². The Morgan fingerprint density at radius 1 is 0.781 bits per heavy atom. The molecule has 164 valence electrons. The molecule has 3 aromatic rings. The number of ketones is 1. The maximum atomic E-state index is 12.7. The molecule has 32 heavy (non-hydrogen) atoms. The molecule has 0 saturated heterocycles. The Balaban J connectivity index is 1.78. The second-order valence-corrected chi connectivity index (χ2v) is 7.01. The number of hydrogen-bond acceptors (Lipinski definition) is 6. The standard InChI is InChI=1S/C25H21ClO6/c1-29-19-10-13-22(30-2)20(15-19)21(27)11-4-16-5-12-23(24(14-16)31-3)32-25(28)17-6-8-18(26)9-7-17/h4-15H,1-3H3. The third kappa shape index (κ3) is 5.47. The van der Waals surface area contributed by atoms with Crippen LogP contribution in [0.15, 0.2) is 66.7 Å². The van der Waals surface area contributed by atoms with Gasteiger partial charge in [0.25, 0.3) is 0 Å². The summed E-state index contributed by atoms with van der Waals surface area (Å²) in [6.45, 7) is 0. The minimum Gasteiger partial charge on any atom is -0.497 e. The van der Waals surface area contributed by atoms with Crippen LogP contribution in [0.3, 0.4) is 0 Å². The Kier molecular flexibility index (Phi) is 7.52. The molecule has 7 heteroatoms. The van der Waals surface area contributed by atoms with Crippen LogP contribution in [0.5, 0.6) is 23.0 Å². The fourth-order valence-corrected chi connectivity index (χ4v) is 3.01. The molecule has 0 atom stereocenters. The molecular weight excluding hydrogens is 432 g/mol. The highest BCUT2D eigenvalue weighted by molar-refractivity contribution is 6.30. The number of rotatable bonds is 8. The van der Waals surface area contributed by atoms with E-state index in [1.807, 2.05) is 0 Å². The highest BCUT2D eigenvalue weighted by Gasteiger charge is 2.14. The van der Waals surface area contributed by atoms with Crippen molar-refractivity contribution in [1.82, 2.24) is 0 Å². The number of methoxy groups -OCH3 is 3. The minimum atomic E-state index is -0.538. The highest BCUT2D eigenvalue weighted by Crippen LogP contribution is 2.30. The summed E-state index contributed by atoms with van der Waals surface area (Å²) in [6.07, 6.45) is 3.06. The second-order valence-electron chi connectivity index (χ2n) is 6.57. The first-order valence-corrected chi connectivity index (χ1v) is 9.93. The molecule has 0 aromatic heterocycles. The van der Waals surface area contributed by atoms with E-state index in [0.717, 1.165) is 0 Å². The summed E-state index contributed by atoms with van der Waals surface area (Å²) in [7, 11) is 4.49. The molecule has 0 fully saturated rings. The molecule has 0 saturated carbocycles. The van der Waals surface area contributed by atoms with Gasteiger partial charge >= 0.3 is 5.97 Å². The van der Waals surface area contributed by atoms with E-state index < -0.39 is 5.97 Å². The lowest BCUT2D eigenvalue weighted by Gasteiger charge is -2.10. The predicted molar refractivity (Wildman–Crippen MR) is 122 cm³/mol. The van der Waals surface area contributed by atoms with Crippen LogP contribution in [0.25, 0.3) is 6.08 Å². The summed E-state index contributed by atoms with van der Waals surface area (Å²) in [5, 5.41) is 0.524. The van der Waals surface area contributed by atoms with Gasteiger partial charge in [-0.3, -0.25) is 4.79 Å². The molecule has 0 radical (unpaired) electrons. The summed E-state index contributed by atoms with van der Waals surface area (Å²) in [4.78, 5) is 25.0. The smallest absolute Gasteiger partial charge is 0.343 e. The largest absolute Gasteiger partial charge is 0.497 e. The molecule has 6 nitrogen and oxygen atoms in total. The third-order valence-corrected chi connectivity index (χ3v) is 4.82. The van der Waals surface area contributed by atoms with Gasteiger partial charge in [-0.2, -0.15) is 0 Å². The second kappa shape index (κ2) is 10.5. The zero-order chi connectivity index (χ0) is 23.1. The van der Waals surface area contributed by atoms with Crippen LogP contribution < -0.4 is 18.9 Å². The van der Waals surface area contributed by atoms with E-state index >= 15 is 0 Å². The van der Waals surface area contributed by atoms with Gasteiger partial charge < -0.3 is 18.9 Å². The molecular formula is C25H21ClO6. The Hall–Kier alpha value is -3.77. The molecule has 0 bridgehead atoms. The van der Waals surface area contributed by atoms with Crippen molar-refractivity contribution in [3.63, 3.8) is 0 Å². The first kappa shape index (κ1) is 22.9. The lowest BCUT2D eigenvalue weighted by molar-refractivity contribution is 0.0729. The fourth-order valence-electron chi connectivity index (χ4n) is 2.89. The van der Waals surface area contributed by atoms with E-state index in [-0.39, 0.29) is 11.5 Å². The number of allylic oxidation sites excluding steroid dienone is 1. The van der Waals surface area contributed by atoms with Gasteiger partial charge in [0, 0.05) is 5.02 Å². The highest BCUT2D eigenvalue weighted by atomic mass is 35.5. The van der Waals surface area contributed by atoms with Crippen molar-refractivity contribution in [2.45, 2.75) is 0 Å². The van der Waals surface area contributed by atoms with Crippen LogP contribution in [0, 0.1) is 0 Å². The fraction of sp³-hybridized carbons (Fsp3) is 0.120. The summed E-state index contributed by atoms with van der Waals surface area (Å²) in [5.41, 5.74) is 1.42. The van der Waals surface area contributed by atoms with Crippen LogP contribution in [0.1, 0.15) is 26.3 Å². The summed E-state index contributed by atoms with van der Waals surface area (Å²) in [6, 6.07) is 16.3. The SMILES string of the molecule is COc1ccc(OC)c(C(=O)C=Cc2ccc(OC(=O)c3ccc(Cl)cc3)c(OC)c2)c1. The van der Waals surface area contributed by atoms with Crippen molar-refractivity contribution in [1.29, 1.82) is 0 Å². The minimum absolute atomic E-state index is 0.252. The monoisotopic (exact) mass is 452 g/mol. The molecule has 0 N–H and O–H groups in total. The zero-order valence-corrected chi connectivity index (χ0v) is 18.5.